The van der Waals surface area contributed by atoms with E-state index in [0.717, 1.165) is 25.2 Å². The van der Waals surface area contributed by atoms with Gasteiger partial charge in [-0.05, 0) is 36.6 Å². The number of benzene rings is 1. The summed E-state index contributed by atoms with van der Waals surface area (Å²) in [6, 6.07) is 5.96. The Balaban J connectivity index is 2.81. The third kappa shape index (κ3) is 4.53. The lowest BCUT2D eigenvalue weighted by atomic mass is 10.0. The van der Waals surface area contributed by atoms with Gasteiger partial charge < -0.3 is 10.9 Å². The summed E-state index contributed by atoms with van der Waals surface area (Å²) in [5.41, 5.74) is 8.85. The van der Waals surface area contributed by atoms with Crippen LogP contribution in [0.2, 0.25) is 0 Å². The molecule has 1 aromatic rings. The largest absolute Gasteiger partial charge is 0.409 e. The summed E-state index contributed by atoms with van der Waals surface area (Å²) >= 11 is 0. The van der Waals surface area contributed by atoms with E-state index in [-0.39, 0.29) is 5.84 Å². The summed E-state index contributed by atoms with van der Waals surface area (Å²) < 4.78 is 0. The average Bonchev–Trinajstić information content (AvgIpc) is 2.47. The van der Waals surface area contributed by atoms with Crippen LogP contribution in [0.25, 0.3) is 0 Å². The quantitative estimate of drug-likeness (QED) is 0.348. The lowest BCUT2D eigenvalue weighted by molar-refractivity contribution is 0.237. The Kier molecular flexibility index (Phi) is 6.52. The van der Waals surface area contributed by atoms with E-state index in [2.05, 4.69) is 43.8 Å². The molecule has 20 heavy (non-hydrogen) atoms. The van der Waals surface area contributed by atoms with Crippen LogP contribution in [0, 0.1) is 12.8 Å². The molecule has 0 aliphatic carbocycles. The molecular weight excluding hydrogens is 250 g/mol. The number of nitrogens with two attached hydrogens (primary N) is 1. The first-order chi connectivity index (χ1) is 9.51. The molecule has 0 aliphatic heterocycles. The van der Waals surface area contributed by atoms with Crippen LogP contribution in [0.3, 0.4) is 0 Å². The van der Waals surface area contributed by atoms with Crippen LogP contribution in [0.1, 0.15) is 43.9 Å². The minimum absolute atomic E-state index is 0.159. The van der Waals surface area contributed by atoms with Crippen molar-refractivity contribution >= 4 is 5.84 Å². The van der Waals surface area contributed by atoms with Crippen LogP contribution >= 0.6 is 0 Å². The van der Waals surface area contributed by atoms with Crippen LogP contribution in [0.15, 0.2) is 23.4 Å². The number of hydrogen-bond acceptors (Lipinski definition) is 3. The first kappa shape index (κ1) is 16.5. The second-order valence-electron chi connectivity index (χ2n) is 5.47. The molecule has 4 heteroatoms. The Bertz CT molecular complexity index is 457. The van der Waals surface area contributed by atoms with Crippen molar-refractivity contribution in [2.24, 2.45) is 16.8 Å². The normalized spacial score (nSPS) is 13.8. The van der Waals surface area contributed by atoms with E-state index < -0.39 is 0 Å². The molecule has 3 N–H and O–H groups in total. The van der Waals surface area contributed by atoms with E-state index in [1.165, 1.54) is 17.5 Å². The number of rotatable bonds is 7. The van der Waals surface area contributed by atoms with Crippen molar-refractivity contribution < 1.29 is 5.21 Å². The molecule has 1 atom stereocenters. The van der Waals surface area contributed by atoms with Gasteiger partial charge in [0.1, 0.15) is 0 Å². The molecule has 0 aromatic heterocycles. The minimum atomic E-state index is 0.159. The van der Waals surface area contributed by atoms with Crippen molar-refractivity contribution in [3.05, 3.63) is 34.9 Å². The number of hydrogen-bond donors (Lipinski definition) is 2. The van der Waals surface area contributed by atoms with Gasteiger partial charge in [-0.1, -0.05) is 44.5 Å². The zero-order valence-corrected chi connectivity index (χ0v) is 13.1. The van der Waals surface area contributed by atoms with Gasteiger partial charge in [-0.2, -0.15) is 0 Å². The summed E-state index contributed by atoms with van der Waals surface area (Å²) in [7, 11) is 0. The fourth-order valence-electron chi connectivity index (χ4n) is 2.21. The lowest BCUT2D eigenvalue weighted by Gasteiger charge is -2.24. The van der Waals surface area contributed by atoms with Crippen LogP contribution in [-0.2, 0) is 6.54 Å². The lowest BCUT2D eigenvalue weighted by Crippen LogP contribution is -2.28. The molecule has 1 unspecified atom stereocenters. The highest BCUT2D eigenvalue weighted by atomic mass is 16.4. The van der Waals surface area contributed by atoms with Crippen molar-refractivity contribution in [1.82, 2.24) is 4.90 Å². The predicted molar refractivity (Wildman–Crippen MR) is 84.1 cm³/mol. The van der Waals surface area contributed by atoms with Crippen molar-refractivity contribution in [1.29, 1.82) is 0 Å². The van der Waals surface area contributed by atoms with E-state index in [9.17, 15) is 0 Å². The fourth-order valence-corrected chi connectivity index (χ4v) is 2.21. The van der Waals surface area contributed by atoms with E-state index in [1.54, 1.807) is 0 Å². The van der Waals surface area contributed by atoms with Crippen molar-refractivity contribution in [2.45, 2.75) is 40.7 Å². The molecule has 0 amide bonds. The standard InChI is InChI=1S/C16H27N3O/c1-5-12(3)10-19(6-2)11-15-8-7-14(9-13(15)4)16(17)18-20/h7-9,12,20H,5-6,10-11H2,1-4H3,(H2,17,18). The van der Waals surface area contributed by atoms with Gasteiger partial charge in [0.25, 0.3) is 0 Å². The Hall–Kier alpha value is -1.55. The van der Waals surface area contributed by atoms with Gasteiger partial charge in [-0.3, -0.25) is 4.90 Å². The second-order valence-corrected chi connectivity index (χ2v) is 5.47. The Morgan fingerprint density at radius 1 is 1.40 bits per heavy atom. The summed E-state index contributed by atoms with van der Waals surface area (Å²) in [6.07, 6.45) is 1.21. The van der Waals surface area contributed by atoms with Gasteiger partial charge in [0.2, 0.25) is 0 Å². The van der Waals surface area contributed by atoms with Crippen LogP contribution in [0.5, 0.6) is 0 Å². The maximum atomic E-state index is 8.71. The van der Waals surface area contributed by atoms with Gasteiger partial charge in [0.15, 0.2) is 5.84 Å². The first-order valence-corrected chi connectivity index (χ1v) is 7.31. The second kappa shape index (κ2) is 7.90. The van der Waals surface area contributed by atoms with Crippen LogP contribution < -0.4 is 5.73 Å². The van der Waals surface area contributed by atoms with E-state index in [4.69, 9.17) is 10.9 Å². The van der Waals surface area contributed by atoms with Crippen molar-refractivity contribution in [3.63, 3.8) is 0 Å². The molecule has 0 heterocycles. The topological polar surface area (TPSA) is 61.8 Å². The van der Waals surface area contributed by atoms with Crippen LogP contribution in [-0.4, -0.2) is 29.0 Å². The number of oxime groups is 1. The molecule has 0 spiro atoms. The van der Waals surface area contributed by atoms with Crippen LogP contribution in [0.4, 0.5) is 0 Å². The predicted octanol–water partition coefficient (Wildman–Crippen LogP) is 2.96. The highest BCUT2D eigenvalue weighted by Crippen LogP contribution is 2.15. The third-order valence-corrected chi connectivity index (χ3v) is 3.85. The minimum Gasteiger partial charge on any atom is -0.409 e. The molecule has 0 aliphatic rings. The molecule has 0 fully saturated rings. The van der Waals surface area contributed by atoms with E-state index in [1.807, 2.05) is 12.1 Å². The molecular formula is C16H27N3O. The maximum Gasteiger partial charge on any atom is 0.170 e. The molecule has 1 rings (SSSR count). The molecule has 0 saturated heterocycles. The van der Waals surface area contributed by atoms with Gasteiger partial charge in [0, 0.05) is 18.7 Å². The van der Waals surface area contributed by atoms with Gasteiger partial charge in [0.05, 0.1) is 0 Å². The summed E-state index contributed by atoms with van der Waals surface area (Å²) in [5.74, 6) is 0.873. The average molecular weight is 277 g/mol. The zero-order chi connectivity index (χ0) is 15.1. The molecule has 112 valence electrons. The molecule has 4 nitrogen and oxygen atoms in total. The van der Waals surface area contributed by atoms with Gasteiger partial charge in [-0.25, -0.2) is 0 Å². The fraction of sp³-hybridized carbons (Fsp3) is 0.562. The Labute approximate surface area is 122 Å². The third-order valence-electron chi connectivity index (χ3n) is 3.85. The number of aryl methyl sites for hydroxylation is 1. The van der Waals surface area contributed by atoms with Crippen molar-refractivity contribution in [2.75, 3.05) is 13.1 Å². The molecule has 0 bridgehead atoms. The Morgan fingerprint density at radius 2 is 2.10 bits per heavy atom. The zero-order valence-electron chi connectivity index (χ0n) is 13.1. The monoisotopic (exact) mass is 277 g/mol. The van der Waals surface area contributed by atoms with Gasteiger partial charge in [-0.15, -0.1) is 0 Å². The number of nitrogens with zero attached hydrogens (tertiary/aromatic N) is 2. The van der Waals surface area contributed by atoms with E-state index in [0.29, 0.717) is 5.92 Å². The summed E-state index contributed by atoms with van der Waals surface area (Å²) in [4.78, 5) is 2.46. The molecule has 1 aromatic carbocycles. The van der Waals surface area contributed by atoms with Crippen molar-refractivity contribution in [3.8, 4) is 0 Å². The molecule has 0 radical (unpaired) electrons. The summed E-state index contributed by atoms with van der Waals surface area (Å²) in [6.45, 7) is 11.9. The Morgan fingerprint density at radius 3 is 2.60 bits per heavy atom. The SMILES string of the molecule is CCC(C)CN(CC)Cc1ccc(/C(N)=N/O)cc1C. The van der Waals surface area contributed by atoms with Gasteiger partial charge >= 0.3 is 0 Å². The summed E-state index contributed by atoms with van der Waals surface area (Å²) in [5, 5.41) is 11.8. The highest BCUT2D eigenvalue weighted by Gasteiger charge is 2.10. The number of amidine groups is 1. The van der Waals surface area contributed by atoms with E-state index >= 15 is 0 Å². The molecule has 0 saturated carbocycles. The maximum absolute atomic E-state index is 8.71. The first-order valence-electron chi connectivity index (χ1n) is 7.31. The highest BCUT2D eigenvalue weighted by molar-refractivity contribution is 5.97. The smallest absolute Gasteiger partial charge is 0.170 e.